The van der Waals surface area contributed by atoms with Crippen molar-refractivity contribution in [1.82, 2.24) is 14.9 Å². The fourth-order valence-corrected chi connectivity index (χ4v) is 3.09. The largest absolute Gasteiger partial charge is 0.314 e. The quantitative estimate of drug-likeness (QED) is 0.844. The van der Waals surface area contributed by atoms with Crippen molar-refractivity contribution in [2.45, 2.75) is 6.04 Å². The predicted molar refractivity (Wildman–Crippen MR) is 81.5 cm³/mol. The minimum Gasteiger partial charge on any atom is -0.314 e. The summed E-state index contributed by atoms with van der Waals surface area (Å²) in [5.74, 6) is 0. The number of nitrogens with one attached hydrogen (secondary N) is 2. The van der Waals surface area contributed by atoms with Gasteiger partial charge in [-0.3, -0.25) is 4.90 Å². The molecule has 1 aromatic rings. The normalized spacial score (nSPS) is 21.0. The molecule has 0 amide bonds. The molecule has 1 saturated heterocycles. The van der Waals surface area contributed by atoms with Crippen LogP contribution in [0.3, 0.4) is 0 Å². The van der Waals surface area contributed by atoms with Crippen LogP contribution in [0.4, 0.5) is 0 Å². The van der Waals surface area contributed by atoms with Crippen LogP contribution in [0, 0.1) is 0 Å². The predicted octanol–water partition coefficient (Wildman–Crippen LogP) is 0.836. The maximum absolute atomic E-state index is 11.1. The number of halogens is 1. The summed E-state index contributed by atoms with van der Waals surface area (Å²) < 4.78 is 24.8. The Labute approximate surface area is 125 Å². The maximum Gasteiger partial charge on any atom is 0.208 e. The fourth-order valence-electron chi connectivity index (χ4n) is 2.43. The van der Waals surface area contributed by atoms with Crippen molar-refractivity contribution < 1.29 is 8.42 Å². The first kappa shape index (κ1) is 15.7. The van der Waals surface area contributed by atoms with Gasteiger partial charge in [-0.15, -0.1) is 0 Å². The molecule has 2 N–H and O–H groups in total. The molecule has 0 bridgehead atoms. The van der Waals surface area contributed by atoms with Crippen molar-refractivity contribution in [2.24, 2.45) is 0 Å². The number of hydrogen-bond acceptors (Lipinski definition) is 4. The van der Waals surface area contributed by atoms with E-state index >= 15 is 0 Å². The topological polar surface area (TPSA) is 61.4 Å². The van der Waals surface area contributed by atoms with Crippen LogP contribution in [0.2, 0.25) is 5.02 Å². The Morgan fingerprint density at radius 2 is 2.30 bits per heavy atom. The molecule has 1 aliphatic rings. The average molecular weight is 318 g/mol. The first-order valence-electron chi connectivity index (χ1n) is 6.60. The number of piperazine rings is 1. The molecule has 1 aromatic carbocycles. The van der Waals surface area contributed by atoms with Gasteiger partial charge in [-0.25, -0.2) is 13.1 Å². The highest BCUT2D eigenvalue weighted by atomic mass is 35.5. The molecule has 1 unspecified atom stereocenters. The van der Waals surface area contributed by atoms with E-state index < -0.39 is 10.0 Å². The van der Waals surface area contributed by atoms with Crippen LogP contribution in [0.1, 0.15) is 11.6 Å². The minimum atomic E-state index is -3.13. The van der Waals surface area contributed by atoms with Crippen molar-refractivity contribution in [3.63, 3.8) is 0 Å². The van der Waals surface area contributed by atoms with Crippen molar-refractivity contribution in [1.29, 1.82) is 0 Å². The van der Waals surface area contributed by atoms with Crippen LogP contribution in [0.15, 0.2) is 24.3 Å². The van der Waals surface area contributed by atoms with Gasteiger partial charge in [-0.2, -0.15) is 0 Å². The average Bonchev–Trinajstić information content (AvgIpc) is 2.38. The molecule has 0 radical (unpaired) electrons. The minimum absolute atomic E-state index is 0.226. The third-order valence-electron chi connectivity index (χ3n) is 3.35. The third kappa shape index (κ3) is 4.71. The lowest BCUT2D eigenvalue weighted by atomic mass is 10.0. The van der Waals surface area contributed by atoms with E-state index in [0.717, 1.165) is 30.2 Å². The lowest BCUT2D eigenvalue weighted by molar-refractivity contribution is 0.165. The Kier molecular flexibility index (Phi) is 5.40. The monoisotopic (exact) mass is 317 g/mol. The summed E-state index contributed by atoms with van der Waals surface area (Å²) in [5, 5.41) is 4.09. The zero-order valence-electron chi connectivity index (χ0n) is 11.5. The van der Waals surface area contributed by atoms with Crippen LogP contribution in [0.5, 0.6) is 0 Å². The summed E-state index contributed by atoms with van der Waals surface area (Å²) in [7, 11) is -3.13. The van der Waals surface area contributed by atoms with Gasteiger partial charge in [0.05, 0.1) is 6.26 Å². The summed E-state index contributed by atoms with van der Waals surface area (Å²) in [6, 6.07) is 8.05. The summed E-state index contributed by atoms with van der Waals surface area (Å²) in [5.41, 5.74) is 1.16. The molecule has 1 atom stereocenters. The highest BCUT2D eigenvalue weighted by molar-refractivity contribution is 7.88. The van der Waals surface area contributed by atoms with Gasteiger partial charge in [-0.1, -0.05) is 23.7 Å². The van der Waals surface area contributed by atoms with Crippen molar-refractivity contribution in [3.05, 3.63) is 34.9 Å². The summed E-state index contributed by atoms with van der Waals surface area (Å²) >= 11 is 6.05. The highest BCUT2D eigenvalue weighted by Crippen LogP contribution is 2.24. The summed E-state index contributed by atoms with van der Waals surface area (Å²) in [6.45, 7) is 3.76. The van der Waals surface area contributed by atoms with Gasteiger partial charge in [0.25, 0.3) is 0 Å². The molecule has 0 aromatic heterocycles. The molecule has 1 fully saturated rings. The van der Waals surface area contributed by atoms with Crippen molar-refractivity contribution >= 4 is 21.6 Å². The van der Waals surface area contributed by atoms with Crippen LogP contribution in [-0.2, 0) is 10.0 Å². The van der Waals surface area contributed by atoms with E-state index in [4.69, 9.17) is 11.6 Å². The Morgan fingerprint density at radius 3 is 3.00 bits per heavy atom. The van der Waals surface area contributed by atoms with E-state index in [1.54, 1.807) is 0 Å². The van der Waals surface area contributed by atoms with E-state index in [2.05, 4.69) is 21.0 Å². The van der Waals surface area contributed by atoms with Gasteiger partial charge in [0.1, 0.15) is 0 Å². The standard InChI is InChI=1S/C13H20ClN3O2S/c1-20(18,19)16-6-8-17-7-5-15-10-13(17)11-3-2-4-12(14)9-11/h2-4,9,13,15-16H,5-8,10H2,1H3. The molecular formula is C13H20ClN3O2S. The second-order valence-corrected chi connectivity index (χ2v) is 7.25. The van der Waals surface area contributed by atoms with Crippen LogP contribution < -0.4 is 10.0 Å². The molecule has 112 valence electrons. The molecule has 2 rings (SSSR count). The zero-order chi connectivity index (χ0) is 14.6. The molecular weight excluding hydrogens is 298 g/mol. The Bertz CT molecular complexity index is 550. The fraction of sp³-hybridized carbons (Fsp3) is 0.538. The van der Waals surface area contributed by atoms with E-state index in [-0.39, 0.29) is 6.04 Å². The van der Waals surface area contributed by atoms with Gasteiger partial charge in [0.15, 0.2) is 0 Å². The molecule has 7 heteroatoms. The summed E-state index contributed by atoms with van der Waals surface area (Å²) in [4.78, 5) is 2.28. The van der Waals surface area contributed by atoms with Gasteiger partial charge in [0.2, 0.25) is 10.0 Å². The van der Waals surface area contributed by atoms with Gasteiger partial charge >= 0.3 is 0 Å². The SMILES string of the molecule is CS(=O)(=O)NCCN1CCNCC1c1cccc(Cl)c1. The van der Waals surface area contributed by atoms with Crippen molar-refractivity contribution in [3.8, 4) is 0 Å². The second kappa shape index (κ2) is 6.87. The molecule has 5 nitrogen and oxygen atoms in total. The number of nitrogens with zero attached hydrogens (tertiary/aromatic N) is 1. The molecule has 0 spiro atoms. The highest BCUT2D eigenvalue weighted by Gasteiger charge is 2.23. The lowest BCUT2D eigenvalue weighted by Crippen LogP contribution is -2.48. The molecule has 1 heterocycles. The molecule has 1 aliphatic heterocycles. The molecule has 20 heavy (non-hydrogen) atoms. The van der Waals surface area contributed by atoms with E-state index in [0.29, 0.717) is 13.1 Å². The number of rotatable bonds is 5. The van der Waals surface area contributed by atoms with E-state index in [9.17, 15) is 8.42 Å². The smallest absolute Gasteiger partial charge is 0.208 e. The molecule has 0 saturated carbocycles. The Balaban J connectivity index is 2.02. The van der Waals surface area contributed by atoms with E-state index in [1.165, 1.54) is 6.26 Å². The van der Waals surface area contributed by atoms with Crippen LogP contribution >= 0.6 is 11.6 Å². The van der Waals surface area contributed by atoms with Gasteiger partial charge in [0, 0.05) is 43.8 Å². The molecule has 0 aliphatic carbocycles. The van der Waals surface area contributed by atoms with E-state index in [1.807, 2.05) is 18.2 Å². The van der Waals surface area contributed by atoms with Gasteiger partial charge in [-0.05, 0) is 17.7 Å². The lowest BCUT2D eigenvalue weighted by Gasteiger charge is -2.36. The first-order chi connectivity index (χ1) is 9.46. The maximum atomic E-state index is 11.1. The number of sulfonamides is 1. The number of hydrogen-bond donors (Lipinski definition) is 2. The Morgan fingerprint density at radius 1 is 1.50 bits per heavy atom. The van der Waals surface area contributed by atoms with Crippen molar-refractivity contribution in [2.75, 3.05) is 39.0 Å². The second-order valence-electron chi connectivity index (χ2n) is 4.98. The Hall–Kier alpha value is -0.660. The zero-order valence-corrected chi connectivity index (χ0v) is 13.0. The van der Waals surface area contributed by atoms with Crippen LogP contribution in [-0.4, -0.2) is 52.3 Å². The van der Waals surface area contributed by atoms with Crippen LogP contribution in [0.25, 0.3) is 0 Å². The number of benzene rings is 1. The summed E-state index contributed by atoms with van der Waals surface area (Å²) in [6.07, 6.45) is 1.18. The van der Waals surface area contributed by atoms with Gasteiger partial charge < -0.3 is 5.32 Å². The first-order valence-corrected chi connectivity index (χ1v) is 8.87. The third-order valence-corrected chi connectivity index (χ3v) is 4.31.